The van der Waals surface area contributed by atoms with E-state index in [4.69, 9.17) is 11.6 Å². The van der Waals surface area contributed by atoms with Crippen LogP contribution in [-0.4, -0.2) is 22.3 Å². The van der Waals surface area contributed by atoms with Gasteiger partial charge in [-0.3, -0.25) is 0 Å². The highest BCUT2D eigenvalue weighted by Gasteiger charge is 2.21. The number of fused-ring (bicyclic) bond motifs is 2. The van der Waals surface area contributed by atoms with Gasteiger partial charge in [0.25, 0.3) is 0 Å². The zero-order valence-electron chi connectivity index (χ0n) is 15.2. The number of hydrogen-bond acceptors (Lipinski definition) is 3. The average molecular weight is 422 g/mol. The second-order valence-corrected chi connectivity index (χ2v) is 8.17. The molecule has 2 heterocycles. The highest BCUT2D eigenvalue weighted by atomic mass is 35.5. The van der Waals surface area contributed by atoms with Crippen LogP contribution in [0.25, 0.3) is 22.0 Å². The quantitative estimate of drug-likeness (QED) is 0.339. The summed E-state index contributed by atoms with van der Waals surface area (Å²) in [6.45, 7) is 0. The number of anilines is 3. The zero-order chi connectivity index (χ0) is 20.0. The molecule has 4 aromatic rings. The highest BCUT2D eigenvalue weighted by molar-refractivity contribution is 7.40. The fraction of sp³-hybridized carbons (Fsp3) is 0.0455. The maximum atomic E-state index is 11.5. The molecule has 1 aromatic heterocycles. The minimum absolute atomic E-state index is 0.255. The maximum Gasteiger partial charge on any atom is 0.337 e. The van der Waals surface area contributed by atoms with E-state index in [-0.39, 0.29) is 5.56 Å². The monoisotopic (exact) mass is 421 g/mol. The summed E-state index contributed by atoms with van der Waals surface area (Å²) >= 11 is 6.70. The van der Waals surface area contributed by atoms with Crippen LogP contribution in [0.2, 0.25) is 5.02 Å². The molecule has 3 N–H and O–H groups in total. The molecule has 29 heavy (non-hydrogen) atoms. The molecule has 0 spiro atoms. The van der Waals surface area contributed by atoms with Crippen LogP contribution < -0.4 is 9.99 Å². The van der Waals surface area contributed by atoms with Crippen LogP contribution in [0.3, 0.4) is 0 Å². The molecule has 144 valence electrons. The third-order valence-electron chi connectivity index (χ3n) is 5.13. The molecule has 0 radical (unpaired) electrons. The van der Waals surface area contributed by atoms with Crippen molar-refractivity contribution in [3.8, 4) is 11.1 Å². The SMILES string of the molecule is O=C(O)c1c[nH]c2ccc(-c3cc4c(cc3Cl)N(c3ccccc3)CPN4)cc12. The van der Waals surface area contributed by atoms with Gasteiger partial charge in [-0.15, -0.1) is 0 Å². The Kier molecular flexibility index (Phi) is 4.42. The Balaban J connectivity index is 1.62. The van der Waals surface area contributed by atoms with Crippen molar-refractivity contribution in [2.45, 2.75) is 0 Å². The van der Waals surface area contributed by atoms with E-state index in [1.807, 2.05) is 48.5 Å². The zero-order valence-corrected chi connectivity index (χ0v) is 17.0. The van der Waals surface area contributed by atoms with E-state index in [1.165, 1.54) is 6.20 Å². The first-order chi connectivity index (χ1) is 14.1. The number of para-hydroxylation sites is 1. The molecule has 0 aliphatic carbocycles. The van der Waals surface area contributed by atoms with Gasteiger partial charge >= 0.3 is 5.97 Å². The van der Waals surface area contributed by atoms with Crippen LogP contribution >= 0.6 is 20.3 Å². The van der Waals surface area contributed by atoms with Crippen LogP contribution in [0.4, 0.5) is 17.1 Å². The van der Waals surface area contributed by atoms with Crippen molar-refractivity contribution in [2.24, 2.45) is 0 Å². The summed E-state index contributed by atoms with van der Waals surface area (Å²) in [4.78, 5) is 16.8. The highest BCUT2D eigenvalue weighted by Crippen LogP contribution is 2.45. The normalized spacial score (nSPS) is 14.0. The summed E-state index contributed by atoms with van der Waals surface area (Å²) in [5, 5.41) is 14.2. The second-order valence-electron chi connectivity index (χ2n) is 6.84. The first-order valence-corrected chi connectivity index (χ1v) is 10.7. The Hall–Kier alpha value is -3.01. The molecular weight excluding hydrogens is 405 g/mol. The van der Waals surface area contributed by atoms with E-state index in [2.05, 4.69) is 27.1 Å². The number of H-pyrrole nitrogens is 1. The van der Waals surface area contributed by atoms with Gasteiger partial charge in [-0.2, -0.15) is 0 Å². The topological polar surface area (TPSA) is 68.4 Å². The van der Waals surface area contributed by atoms with Crippen molar-refractivity contribution < 1.29 is 9.90 Å². The van der Waals surface area contributed by atoms with Crippen LogP contribution in [0.1, 0.15) is 10.4 Å². The number of hydrogen-bond donors (Lipinski definition) is 3. The first-order valence-electron chi connectivity index (χ1n) is 9.11. The number of carboxylic acids is 1. The van der Waals surface area contributed by atoms with E-state index >= 15 is 0 Å². The molecule has 1 atom stereocenters. The molecule has 7 heteroatoms. The summed E-state index contributed by atoms with van der Waals surface area (Å²) in [5.74, 6) is -0.952. The third kappa shape index (κ3) is 3.13. The smallest absolute Gasteiger partial charge is 0.337 e. The van der Waals surface area contributed by atoms with Gasteiger partial charge < -0.3 is 20.1 Å². The van der Waals surface area contributed by atoms with E-state index in [0.717, 1.165) is 40.0 Å². The average Bonchev–Trinajstić information content (AvgIpc) is 3.17. The van der Waals surface area contributed by atoms with E-state index in [9.17, 15) is 9.90 Å². The molecule has 0 bridgehead atoms. The Labute approximate surface area is 174 Å². The van der Waals surface area contributed by atoms with Crippen molar-refractivity contribution in [1.82, 2.24) is 4.98 Å². The van der Waals surface area contributed by atoms with Gasteiger partial charge in [0.2, 0.25) is 0 Å². The largest absolute Gasteiger partial charge is 0.478 e. The number of carboxylic acid groups (broad SMARTS) is 1. The minimum atomic E-state index is -0.952. The van der Waals surface area contributed by atoms with Crippen LogP contribution in [-0.2, 0) is 0 Å². The van der Waals surface area contributed by atoms with Crippen LogP contribution in [0.15, 0.2) is 66.9 Å². The summed E-state index contributed by atoms with van der Waals surface area (Å²) in [5.41, 5.74) is 5.99. The van der Waals surface area contributed by atoms with Crippen LogP contribution in [0, 0.1) is 0 Å². The predicted molar refractivity (Wildman–Crippen MR) is 121 cm³/mol. The number of halogens is 1. The van der Waals surface area contributed by atoms with E-state index in [1.54, 1.807) is 0 Å². The summed E-state index contributed by atoms with van der Waals surface area (Å²) in [7, 11) is 0.560. The summed E-state index contributed by atoms with van der Waals surface area (Å²) < 4.78 is 0. The number of benzene rings is 3. The Morgan fingerprint density at radius 3 is 2.72 bits per heavy atom. The molecule has 0 saturated heterocycles. The molecule has 0 fully saturated rings. The van der Waals surface area contributed by atoms with E-state index in [0.29, 0.717) is 19.1 Å². The Morgan fingerprint density at radius 2 is 1.93 bits per heavy atom. The number of aromatic carboxylic acids is 1. The first kappa shape index (κ1) is 18.0. The van der Waals surface area contributed by atoms with Crippen molar-refractivity contribution in [2.75, 3.05) is 16.3 Å². The molecule has 0 saturated carbocycles. The Morgan fingerprint density at radius 1 is 1.10 bits per heavy atom. The molecule has 1 aliphatic rings. The van der Waals surface area contributed by atoms with E-state index < -0.39 is 5.97 Å². The fourth-order valence-electron chi connectivity index (χ4n) is 3.71. The van der Waals surface area contributed by atoms with Crippen molar-refractivity contribution in [1.29, 1.82) is 0 Å². The number of aromatic nitrogens is 1. The molecule has 1 unspecified atom stereocenters. The lowest BCUT2D eigenvalue weighted by Gasteiger charge is -2.32. The molecule has 5 nitrogen and oxygen atoms in total. The number of rotatable bonds is 3. The second kappa shape index (κ2) is 7.11. The van der Waals surface area contributed by atoms with Crippen molar-refractivity contribution in [3.63, 3.8) is 0 Å². The van der Waals surface area contributed by atoms with Gasteiger partial charge in [0, 0.05) is 28.4 Å². The van der Waals surface area contributed by atoms with Crippen molar-refractivity contribution >= 4 is 54.3 Å². The Bertz CT molecular complexity index is 1240. The fourth-order valence-corrected chi connectivity index (χ4v) is 4.96. The van der Waals surface area contributed by atoms with Gasteiger partial charge in [0.1, 0.15) is 0 Å². The van der Waals surface area contributed by atoms with Gasteiger partial charge in [-0.05, 0) is 50.7 Å². The van der Waals surface area contributed by atoms with Gasteiger partial charge in [0.05, 0.1) is 28.2 Å². The third-order valence-corrected chi connectivity index (χ3v) is 6.36. The lowest BCUT2D eigenvalue weighted by Crippen LogP contribution is -2.21. The molecule has 1 aliphatic heterocycles. The number of aromatic amines is 1. The lowest BCUT2D eigenvalue weighted by atomic mass is 10.0. The number of nitrogens with one attached hydrogen (secondary N) is 2. The number of nitrogens with zero attached hydrogens (tertiary/aromatic N) is 1. The molecule has 5 rings (SSSR count). The van der Waals surface area contributed by atoms with Gasteiger partial charge in [-0.1, -0.05) is 35.9 Å². The van der Waals surface area contributed by atoms with Crippen LogP contribution in [0.5, 0.6) is 0 Å². The molecule has 3 aromatic carbocycles. The van der Waals surface area contributed by atoms with Crippen molar-refractivity contribution in [3.05, 3.63) is 77.4 Å². The maximum absolute atomic E-state index is 11.5. The lowest BCUT2D eigenvalue weighted by molar-refractivity contribution is 0.0699. The standard InChI is InChI=1S/C22H17ClN3O2P/c23-18-10-21-20(25-29-12-26(21)14-4-2-1-3-5-14)9-15(18)13-6-7-19-16(8-13)17(11-24-19)22(27)28/h1-11,24-25,29H,12H2,(H,27,28). The molecular formula is C22H17ClN3O2P. The minimum Gasteiger partial charge on any atom is -0.478 e. The van der Waals surface area contributed by atoms with Gasteiger partial charge in [0.15, 0.2) is 0 Å². The molecule has 0 amide bonds. The summed E-state index contributed by atoms with van der Waals surface area (Å²) in [6, 6.07) is 20.0. The number of carbonyl (C=O) groups is 1. The predicted octanol–water partition coefficient (Wildman–Crippen LogP) is 6.30. The summed E-state index contributed by atoms with van der Waals surface area (Å²) in [6.07, 6.45) is 2.40. The van der Waals surface area contributed by atoms with Gasteiger partial charge in [-0.25, -0.2) is 4.79 Å².